The topological polar surface area (TPSA) is 73.5 Å². The summed E-state index contributed by atoms with van der Waals surface area (Å²) in [5.74, 6) is -0.345. The monoisotopic (exact) mass is 466 g/mol. The maximum atomic E-state index is 13.2. The molecule has 1 fully saturated rings. The Balaban J connectivity index is 1.49. The molecule has 3 aromatic carbocycles. The van der Waals surface area contributed by atoms with E-state index in [4.69, 9.17) is 0 Å². The molecule has 2 aliphatic heterocycles. The molecule has 0 radical (unpaired) electrons. The van der Waals surface area contributed by atoms with E-state index in [1.807, 2.05) is 43.3 Å². The number of carbonyl (C=O) groups excluding carboxylic acids is 2. The predicted molar refractivity (Wildman–Crippen MR) is 141 cm³/mol. The lowest BCUT2D eigenvalue weighted by Gasteiger charge is -2.17. The van der Waals surface area contributed by atoms with Crippen molar-refractivity contribution in [3.05, 3.63) is 95.1 Å². The zero-order chi connectivity index (χ0) is 24.2. The summed E-state index contributed by atoms with van der Waals surface area (Å²) in [7, 11) is 0. The number of anilines is 2. The van der Waals surface area contributed by atoms with Gasteiger partial charge in [-0.05, 0) is 68.2 Å². The third-order valence-electron chi connectivity index (χ3n) is 6.50. The van der Waals surface area contributed by atoms with Crippen molar-refractivity contribution >= 4 is 34.5 Å². The van der Waals surface area contributed by atoms with Gasteiger partial charge in [-0.25, -0.2) is 0 Å². The van der Waals surface area contributed by atoms with Gasteiger partial charge in [0.25, 0.3) is 11.8 Å². The highest BCUT2D eigenvalue weighted by Gasteiger charge is 2.29. The highest BCUT2D eigenvalue weighted by Crippen LogP contribution is 2.38. The summed E-state index contributed by atoms with van der Waals surface area (Å²) >= 11 is 0. The molecule has 6 nitrogen and oxygen atoms in total. The van der Waals surface area contributed by atoms with Crippen LogP contribution in [0, 0.1) is 0 Å². The van der Waals surface area contributed by atoms with E-state index in [0.29, 0.717) is 23.4 Å². The van der Waals surface area contributed by atoms with Gasteiger partial charge in [-0.2, -0.15) is 0 Å². The fraction of sp³-hybridized carbons (Fsp3) is 0.241. The normalized spacial score (nSPS) is 16.5. The second-order valence-corrected chi connectivity index (χ2v) is 9.00. The van der Waals surface area contributed by atoms with Crippen molar-refractivity contribution in [1.82, 2.24) is 10.2 Å². The summed E-state index contributed by atoms with van der Waals surface area (Å²) in [4.78, 5) is 27.9. The first kappa shape index (κ1) is 22.9. The molecular formula is C29H30N4O2. The number of nitrogens with zero attached hydrogens (tertiary/aromatic N) is 1. The van der Waals surface area contributed by atoms with Crippen LogP contribution >= 0.6 is 0 Å². The van der Waals surface area contributed by atoms with Crippen molar-refractivity contribution in [3.8, 4) is 0 Å². The van der Waals surface area contributed by atoms with Crippen LogP contribution in [0.5, 0.6) is 0 Å². The van der Waals surface area contributed by atoms with Crippen molar-refractivity contribution in [3.63, 3.8) is 0 Å². The predicted octanol–water partition coefficient (Wildman–Crippen LogP) is 4.96. The lowest BCUT2D eigenvalue weighted by Crippen LogP contribution is -2.22. The number of likely N-dealkylation sites (tertiary alicyclic amines) is 1. The fourth-order valence-electron chi connectivity index (χ4n) is 4.75. The molecule has 0 atom stereocenters. The van der Waals surface area contributed by atoms with Crippen LogP contribution in [0.1, 0.15) is 46.8 Å². The Morgan fingerprint density at radius 1 is 0.943 bits per heavy atom. The molecule has 3 aromatic rings. The molecule has 35 heavy (non-hydrogen) atoms. The first-order chi connectivity index (χ1) is 17.1. The van der Waals surface area contributed by atoms with E-state index >= 15 is 0 Å². The molecule has 0 bridgehead atoms. The molecule has 2 heterocycles. The molecule has 0 spiro atoms. The van der Waals surface area contributed by atoms with Gasteiger partial charge in [0.1, 0.15) is 0 Å². The van der Waals surface area contributed by atoms with E-state index in [0.717, 1.165) is 29.1 Å². The standard InChI is InChI=1S/C29H30N4O2/c1-2-30-28(34)22-12-15-24-25(18-22)32-29(35)26(24)27(21-8-4-3-5-9-21)31-23-13-10-20(11-14-23)19-33-16-6-7-17-33/h3-5,8-15,18,31H,2,6-7,16-17,19H2,1H3,(H,30,34)(H,32,35)/b27-26-. The zero-order valence-electron chi connectivity index (χ0n) is 19.9. The maximum absolute atomic E-state index is 13.2. The van der Waals surface area contributed by atoms with E-state index in [-0.39, 0.29) is 11.8 Å². The highest BCUT2D eigenvalue weighted by molar-refractivity contribution is 6.37. The maximum Gasteiger partial charge on any atom is 0.258 e. The van der Waals surface area contributed by atoms with Gasteiger partial charge in [0.15, 0.2) is 0 Å². The Kier molecular flexibility index (Phi) is 6.64. The summed E-state index contributed by atoms with van der Waals surface area (Å²) < 4.78 is 0. The molecule has 5 rings (SSSR count). The largest absolute Gasteiger partial charge is 0.354 e. The van der Waals surface area contributed by atoms with E-state index in [1.54, 1.807) is 12.1 Å². The number of rotatable bonds is 7. The first-order valence-corrected chi connectivity index (χ1v) is 12.2. The average molecular weight is 467 g/mol. The quantitative estimate of drug-likeness (QED) is 0.430. The van der Waals surface area contributed by atoms with Gasteiger partial charge in [0.05, 0.1) is 11.3 Å². The molecule has 2 amide bonds. The molecule has 0 aromatic heterocycles. The number of benzene rings is 3. The van der Waals surface area contributed by atoms with Crippen molar-refractivity contribution in [2.45, 2.75) is 26.3 Å². The van der Waals surface area contributed by atoms with Crippen LogP contribution < -0.4 is 16.0 Å². The van der Waals surface area contributed by atoms with Crippen LogP contribution in [0.4, 0.5) is 11.4 Å². The lowest BCUT2D eigenvalue weighted by atomic mass is 9.98. The number of amides is 2. The lowest BCUT2D eigenvalue weighted by molar-refractivity contribution is -0.110. The molecule has 2 aliphatic rings. The van der Waals surface area contributed by atoms with Crippen LogP contribution in [0.25, 0.3) is 11.3 Å². The Hall–Kier alpha value is -3.90. The summed E-state index contributed by atoms with van der Waals surface area (Å²) in [6.45, 7) is 5.73. The van der Waals surface area contributed by atoms with E-state index < -0.39 is 0 Å². The summed E-state index contributed by atoms with van der Waals surface area (Å²) in [5, 5.41) is 9.27. The minimum atomic E-state index is -0.190. The van der Waals surface area contributed by atoms with Gasteiger partial charge in [-0.3, -0.25) is 14.5 Å². The van der Waals surface area contributed by atoms with Crippen molar-refractivity contribution in [1.29, 1.82) is 0 Å². The summed E-state index contributed by atoms with van der Waals surface area (Å²) in [5.41, 5.74) is 6.36. The number of carbonyl (C=O) groups is 2. The summed E-state index contributed by atoms with van der Waals surface area (Å²) in [6.07, 6.45) is 2.56. The fourth-order valence-corrected chi connectivity index (χ4v) is 4.75. The third kappa shape index (κ3) is 4.98. The number of nitrogens with one attached hydrogen (secondary N) is 3. The summed E-state index contributed by atoms with van der Waals surface area (Å²) in [6, 6.07) is 23.6. The van der Waals surface area contributed by atoms with Crippen molar-refractivity contribution in [2.24, 2.45) is 0 Å². The van der Waals surface area contributed by atoms with Gasteiger partial charge in [0, 0.05) is 35.6 Å². The third-order valence-corrected chi connectivity index (χ3v) is 6.50. The molecule has 178 valence electrons. The Labute approximate surface area is 206 Å². The van der Waals surface area contributed by atoms with Gasteiger partial charge in [-0.1, -0.05) is 48.5 Å². The van der Waals surface area contributed by atoms with E-state index in [9.17, 15) is 9.59 Å². The molecule has 6 heteroatoms. The Bertz CT molecular complexity index is 1260. The molecule has 0 unspecified atom stereocenters. The first-order valence-electron chi connectivity index (χ1n) is 12.2. The molecule has 3 N–H and O–H groups in total. The van der Waals surface area contributed by atoms with Gasteiger partial charge in [0.2, 0.25) is 0 Å². The van der Waals surface area contributed by atoms with Gasteiger partial charge >= 0.3 is 0 Å². The van der Waals surface area contributed by atoms with Crippen LogP contribution in [0.3, 0.4) is 0 Å². The smallest absolute Gasteiger partial charge is 0.258 e. The zero-order valence-corrected chi connectivity index (χ0v) is 19.9. The van der Waals surface area contributed by atoms with E-state index in [1.165, 1.54) is 31.5 Å². The molecule has 1 saturated heterocycles. The van der Waals surface area contributed by atoms with Crippen molar-refractivity contribution in [2.75, 3.05) is 30.3 Å². The highest BCUT2D eigenvalue weighted by atomic mass is 16.2. The minimum absolute atomic E-state index is 0.155. The van der Waals surface area contributed by atoms with Crippen LogP contribution in [0.2, 0.25) is 0 Å². The molecule has 0 aliphatic carbocycles. The van der Waals surface area contributed by atoms with Gasteiger partial charge in [-0.15, -0.1) is 0 Å². The van der Waals surface area contributed by atoms with E-state index in [2.05, 4.69) is 45.1 Å². The molecular weight excluding hydrogens is 436 g/mol. The number of hydrogen-bond donors (Lipinski definition) is 3. The van der Waals surface area contributed by atoms with Crippen LogP contribution in [-0.2, 0) is 11.3 Å². The van der Waals surface area contributed by atoms with Crippen LogP contribution in [-0.4, -0.2) is 36.3 Å². The molecule has 0 saturated carbocycles. The van der Waals surface area contributed by atoms with Gasteiger partial charge < -0.3 is 16.0 Å². The number of hydrogen-bond acceptors (Lipinski definition) is 4. The second kappa shape index (κ2) is 10.2. The second-order valence-electron chi connectivity index (χ2n) is 9.00. The van der Waals surface area contributed by atoms with Crippen LogP contribution in [0.15, 0.2) is 72.8 Å². The Morgan fingerprint density at radius 3 is 2.40 bits per heavy atom. The minimum Gasteiger partial charge on any atom is -0.354 e. The number of fused-ring (bicyclic) bond motifs is 1. The Morgan fingerprint density at radius 2 is 1.69 bits per heavy atom. The van der Waals surface area contributed by atoms with Crippen molar-refractivity contribution < 1.29 is 9.59 Å². The average Bonchev–Trinajstić information content (AvgIpc) is 3.50. The SMILES string of the molecule is CCNC(=O)c1ccc2c(c1)NC(=O)/C2=C(\Nc1ccc(CN2CCCC2)cc1)c1ccccc1.